The first-order chi connectivity index (χ1) is 8.88. The number of methoxy groups -OCH3 is 1. The van der Waals surface area contributed by atoms with Crippen LogP contribution in [-0.4, -0.2) is 44.4 Å². The normalized spacial score (nSPS) is 23.8. The third kappa shape index (κ3) is 4.46. The van der Waals surface area contributed by atoms with Crippen molar-refractivity contribution >= 4 is 22.0 Å². The van der Waals surface area contributed by atoms with E-state index in [-0.39, 0.29) is 13.0 Å². The molecule has 1 rings (SSSR count). The molecule has 1 fully saturated rings. The Hall–Kier alpha value is -1.15. The average Bonchev–Trinajstić information content (AvgIpc) is 2.37. The van der Waals surface area contributed by atoms with Crippen LogP contribution in [0.1, 0.15) is 32.1 Å². The van der Waals surface area contributed by atoms with E-state index in [1.807, 2.05) is 0 Å². The molecule has 2 N–H and O–H groups in total. The molecule has 8 heteroatoms. The van der Waals surface area contributed by atoms with Gasteiger partial charge in [-0.1, -0.05) is 12.8 Å². The Bertz CT molecular complexity index is 432. The molecule has 110 valence electrons. The van der Waals surface area contributed by atoms with E-state index in [0.717, 1.165) is 12.8 Å². The molecule has 1 aliphatic rings. The summed E-state index contributed by atoms with van der Waals surface area (Å²) in [4.78, 5) is 22.0. The monoisotopic (exact) mass is 293 g/mol. The predicted octanol–water partition coefficient (Wildman–Crippen LogP) is 0.112. The number of esters is 1. The second kappa shape index (κ2) is 6.85. The summed E-state index contributed by atoms with van der Waals surface area (Å²) in [7, 11) is -2.46. The van der Waals surface area contributed by atoms with Crippen molar-refractivity contribution in [2.24, 2.45) is 5.92 Å². The Morgan fingerprint density at radius 3 is 2.53 bits per heavy atom. The van der Waals surface area contributed by atoms with Crippen LogP contribution in [0.25, 0.3) is 0 Å². The lowest BCUT2D eigenvalue weighted by molar-refractivity contribution is -0.146. The lowest BCUT2D eigenvalue weighted by atomic mass is 9.89. The molecule has 0 radical (unpaired) electrons. The Balaban J connectivity index is 2.72. The van der Waals surface area contributed by atoms with Gasteiger partial charge in [-0.15, -0.1) is 0 Å². The Morgan fingerprint density at radius 1 is 1.32 bits per heavy atom. The zero-order chi connectivity index (χ0) is 14.5. The van der Waals surface area contributed by atoms with E-state index >= 15 is 0 Å². The lowest BCUT2D eigenvalue weighted by Crippen LogP contribution is -2.44. The molecular weight excluding hydrogens is 274 g/mol. The largest absolute Gasteiger partial charge is 0.481 e. The van der Waals surface area contributed by atoms with Crippen molar-refractivity contribution in [2.75, 3.05) is 13.7 Å². The maximum absolute atomic E-state index is 12.1. The minimum atomic E-state index is -3.70. The molecule has 2 unspecified atom stereocenters. The highest BCUT2D eigenvalue weighted by molar-refractivity contribution is 7.90. The van der Waals surface area contributed by atoms with E-state index in [0.29, 0.717) is 12.8 Å². The van der Waals surface area contributed by atoms with E-state index in [1.165, 1.54) is 7.11 Å². The number of nitrogens with one attached hydrogen (secondary N) is 1. The predicted molar refractivity (Wildman–Crippen MR) is 66.9 cm³/mol. The van der Waals surface area contributed by atoms with Gasteiger partial charge in [0.25, 0.3) is 0 Å². The van der Waals surface area contributed by atoms with Crippen molar-refractivity contribution in [3.05, 3.63) is 0 Å². The summed E-state index contributed by atoms with van der Waals surface area (Å²) in [6.07, 6.45) is 2.12. The number of rotatable bonds is 6. The fourth-order valence-corrected chi connectivity index (χ4v) is 4.05. The summed E-state index contributed by atoms with van der Waals surface area (Å²) in [5, 5.41) is 7.66. The van der Waals surface area contributed by atoms with Gasteiger partial charge in [0.2, 0.25) is 10.0 Å². The molecular formula is C11H19NO6S. The van der Waals surface area contributed by atoms with E-state index in [1.54, 1.807) is 0 Å². The number of carbonyl (C=O) groups is 2. The summed E-state index contributed by atoms with van der Waals surface area (Å²) in [6, 6.07) is 0. The second-order valence-corrected chi connectivity index (χ2v) is 6.52. The molecule has 19 heavy (non-hydrogen) atoms. The number of hydrogen-bond donors (Lipinski definition) is 2. The number of carboxylic acid groups (broad SMARTS) is 1. The van der Waals surface area contributed by atoms with Gasteiger partial charge < -0.3 is 9.84 Å². The number of carbonyl (C=O) groups excluding carboxylic acids is 1. The summed E-state index contributed by atoms with van der Waals surface area (Å²) in [6.45, 7) is -0.165. The van der Waals surface area contributed by atoms with Crippen molar-refractivity contribution in [1.29, 1.82) is 0 Å². The summed E-state index contributed by atoms with van der Waals surface area (Å²) in [5.41, 5.74) is 0. The zero-order valence-corrected chi connectivity index (χ0v) is 11.6. The molecule has 0 heterocycles. The maximum atomic E-state index is 12.1. The van der Waals surface area contributed by atoms with Gasteiger partial charge in [-0.05, 0) is 12.8 Å². The van der Waals surface area contributed by atoms with Crippen LogP contribution in [0, 0.1) is 5.92 Å². The van der Waals surface area contributed by atoms with Gasteiger partial charge in [0.05, 0.1) is 24.7 Å². The van der Waals surface area contributed by atoms with Crippen LogP contribution >= 0.6 is 0 Å². The lowest BCUT2D eigenvalue weighted by Gasteiger charge is -2.29. The number of hydrogen-bond acceptors (Lipinski definition) is 5. The SMILES string of the molecule is COC(=O)C1CCCCC1S(=O)(=O)NCCC(=O)O. The Morgan fingerprint density at radius 2 is 1.95 bits per heavy atom. The molecule has 0 aliphatic heterocycles. The van der Waals surface area contributed by atoms with Crippen LogP contribution in [0.2, 0.25) is 0 Å². The van der Waals surface area contributed by atoms with E-state index < -0.39 is 33.1 Å². The first-order valence-corrected chi connectivity index (χ1v) is 7.71. The van der Waals surface area contributed by atoms with Crippen molar-refractivity contribution in [2.45, 2.75) is 37.4 Å². The molecule has 0 aromatic carbocycles. The third-order valence-corrected chi connectivity index (χ3v) is 5.22. The molecule has 0 aromatic rings. The number of aliphatic carboxylic acids is 1. The molecule has 1 saturated carbocycles. The molecule has 0 bridgehead atoms. The van der Waals surface area contributed by atoms with E-state index in [4.69, 9.17) is 5.11 Å². The summed E-state index contributed by atoms with van der Waals surface area (Å²) < 4.78 is 31.1. The van der Waals surface area contributed by atoms with Crippen LogP contribution in [0.5, 0.6) is 0 Å². The number of ether oxygens (including phenoxy) is 1. The fraction of sp³-hybridized carbons (Fsp3) is 0.818. The van der Waals surface area contributed by atoms with Crippen LogP contribution in [-0.2, 0) is 24.3 Å². The minimum Gasteiger partial charge on any atom is -0.481 e. The standard InChI is InChI=1S/C11H19NO6S/c1-18-11(15)8-4-2-3-5-9(8)19(16,17)12-7-6-10(13)14/h8-9,12H,2-7H2,1H3,(H,13,14). The van der Waals surface area contributed by atoms with Crippen LogP contribution in [0.15, 0.2) is 0 Å². The summed E-state index contributed by atoms with van der Waals surface area (Å²) >= 11 is 0. The fourth-order valence-electron chi connectivity index (χ4n) is 2.30. The van der Waals surface area contributed by atoms with Crippen molar-refractivity contribution in [3.8, 4) is 0 Å². The molecule has 7 nitrogen and oxygen atoms in total. The molecule has 0 aromatic heterocycles. The highest BCUT2D eigenvalue weighted by Crippen LogP contribution is 2.30. The Labute approximate surface area is 112 Å². The number of sulfonamides is 1. The van der Waals surface area contributed by atoms with Gasteiger partial charge in [0, 0.05) is 6.54 Å². The maximum Gasteiger partial charge on any atom is 0.310 e. The average molecular weight is 293 g/mol. The topological polar surface area (TPSA) is 110 Å². The van der Waals surface area contributed by atoms with Gasteiger partial charge in [-0.3, -0.25) is 9.59 Å². The highest BCUT2D eigenvalue weighted by Gasteiger charge is 2.40. The van der Waals surface area contributed by atoms with Crippen LogP contribution < -0.4 is 4.72 Å². The molecule has 2 atom stereocenters. The Kier molecular flexibility index (Phi) is 5.74. The molecule has 0 amide bonds. The second-order valence-electron chi connectivity index (χ2n) is 4.54. The quantitative estimate of drug-likeness (QED) is 0.673. The van der Waals surface area contributed by atoms with Gasteiger partial charge in [0.1, 0.15) is 0 Å². The van der Waals surface area contributed by atoms with Crippen molar-refractivity contribution < 1.29 is 27.9 Å². The number of carboxylic acids is 1. The van der Waals surface area contributed by atoms with Crippen LogP contribution in [0.4, 0.5) is 0 Å². The molecule has 0 saturated heterocycles. The van der Waals surface area contributed by atoms with Gasteiger partial charge >= 0.3 is 11.9 Å². The third-order valence-electron chi connectivity index (χ3n) is 3.25. The first-order valence-electron chi connectivity index (χ1n) is 6.16. The van der Waals surface area contributed by atoms with Crippen molar-refractivity contribution in [3.63, 3.8) is 0 Å². The highest BCUT2D eigenvalue weighted by atomic mass is 32.2. The first kappa shape index (κ1) is 15.9. The minimum absolute atomic E-state index is 0.165. The zero-order valence-electron chi connectivity index (χ0n) is 10.8. The molecule has 0 spiro atoms. The van der Waals surface area contributed by atoms with E-state index in [2.05, 4.69) is 9.46 Å². The molecule has 1 aliphatic carbocycles. The van der Waals surface area contributed by atoms with E-state index in [9.17, 15) is 18.0 Å². The van der Waals surface area contributed by atoms with Gasteiger partial charge in [-0.2, -0.15) is 0 Å². The smallest absolute Gasteiger partial charge is 0.310 e. The van der Waals surface area contributed by atoms with Crippen molar-refractivity contribution in [1.82, 2.24) is 4.72 Å². The summed E-state index contributed by atoms with van der Waals surface area (Å²) in [5.74, 6) is -2.26. The van der Waals surface area contributed by atoms with Gasteiger partial charge in [-0.25, -0.2) is 13.1 Å². The van der Waals surface area contributed by atoms with Crippen LogP contribution in [0.3, 0.4) is 0 Å². The van der Waals surface area contributed by atoms with Gasteiger partial charge in [0.15, 0.2) is 0 Å².